The van der Waals surface area contributed by atoms with Gasteiger partial charge in [-0.25, -0.2) is 9.97 Å². The van der Waals surface area contributed by atoms with E-state index in [9.17, 15) is 9.90 Å². The second kappa shape index (κ2) is 7.27. The summed E-state index contributed by atoms with van der Waals surface area (Å²) in [4.78, 5) is 20.1. The van der Waals surface area contributed by atoms with Crippen LogP contribution in [-0.4, -0.2) is 21.0 Å². The van der Waals surface area contributed by atoms with E-state index < -0.39 is 5.97 Å². The molecule has 0 bridgehead atoms. The van der Waals surface area contributed by atoms with Crippen molar-refractivity contribution in [2.45, 2.75) is 32.1 Å². The van der Waals surface area contributed by atoms with Gasteiger partial charge in [0.25, 0.3) is 0 Å². The Bertz CT molecular complexity index is 777. The summed E-state index contributed by atoms with van der Waals surface area (Å²) in [5.74, 6) is 5.98. The molecule has 2 aromatic rings. The van der Waals surface area contributed by atoms with E-state index in [1.165, 1.54) is 0 Å². The monoisotopic (exact) mass is 320 g/mol. The van der Waals surface area contributed by atoms with Crippen LogP contribution in [-0.2, 0) is 4.79 Å². The van der Waals surface area contributed by atoms with Gasteiger partial charge in [0.15, 0.2) is 0 Å². The Morgan fingerprint density at radius 3 is 2.71 bits per heavy atom. The number of nitrogens with zero attached hydrogens (tertiary/aromatic N) is 2. The van der Waals surface area contributed by atoms with Crippen LogP contribution in [0.3, 0.4) is 0 Å². The zero-order valence-electron chi connectivity index (χ0n) is 13.6. The average molecular weight is 320 g/mol. The fourth-order valence-corrected chi connectivity index (χ4v) is 3.34. The summed E-state index contributed by atoms with van der Waals surface area (Å²) >= 11 is 0. The molecule has 0 radical (unpaired) electrons. The summed E-state index contributed by atoms with van der Waals surface area (Å²) in [5.41, 5.74) is 1.98. The van der Waals surface area contributed by atoms with Gasteiger partial charge in [0.1, 0.15) is 0 Å². The minimum Gasteiger partial charge on any atom is -0.481 e. The van der Waals surface area contributed by atoms with Crippen LogP contribution < -0.4 is 0 Å². The van der Waals surface area contributed by atoms with Crippen molar-refractivity contribution in [2.24, 2.45) is 11.8 Å². The number of hydrogen-bond acceptors (Lipinski definition) is 3. The van der Waals surface area contributed by atoms with Crippen LogP contribution in [0.5, 0.6) is 0 Å². The Balaban J connectivity index is 1.80. The first-order chi connectivity index (χ1) is 11.6. The van der Waals surface area contributed by atoms with Gasteiger partial charge in [0.05, 0.1) is 5.92 Å². The molecule has 0 spiro atoms. The largest absolute Gasteiger partial charge is 0.481 e. The number of carboxylic acids is 1. The molecule has 4 nitrogen and oxygen atoms in total. The van der Waals surface area contributed by atoms with Gasteiger partial charge < -0.3 is 5.11 Å². The predicted octanol–water partition coefficient (Wildman–Crippen LogP) is 3.42. The molecule has 1 fully saturated rings. The van der Waals surface area contributed by atoms with Crippen molar-refractivity contribution in [2.75, 3.05) is 0 Å². The molecule has 0 amide bonds. The number of aromatic nitrogens is 2. The minimum absolute atomic E-state index is 0.00942. The molecule has 24 heavy (non-hydrogen) atoms. The van der Waals surface area contributed by atoms with Gasteiger partial charge in [-0.1, -0.05) is 36.3 Å². The van der Waals surface area contributed by atoms with Crippen molar-refractivity contribution in [3.05, 3.63) is 59.7 Å². The van der Waals surface area contributed by atoms with Gasteiger partial charge >= 0.3 is 5.97 Å². The fourth-order valence-electron chi connectivity index (χ4n) is 3.34. The van der Waals surface area contributed by atoms with Gasteiger partial charge in [-0.3, -0.25) is 4.79 Å². The maximum absolute atomic E-state index is 11.6. The van der Waals surface area contributed by atoms with Crippen molar-refractivity contribution in [3.8, 4) is 11.8 Å². The van der Waals surface area contributed by atoms with Crippen LogP contribution in [0.1, 0.15) is 42.3 Å². The molecule has 122 valence electrons. The quantitative estimate of drug-likeness (QED) is 0.861. The third kappa shape index (κ3) is 3.80. The highest BCUT2D eigenvalue weighted by atomic mass is 16.4. The third-order valence-corrected chi connectivity index (χ3v) is 4.58. The molecular weight excluding hydrogens is 300 g/mol. The maximum Gasteiger partial charge on any atom is 0.307 e. The Morgan fingerprint density at radius 2 is 2.00 bits per heavy atom. The summed E-state index contributed by atoms with van der Waals surface area (Å²) in [6, 6.07) is 11.7. The van der Waals surface area contributed by atoms with Crippen molar-refractivity contribution in [1.29, 1.82) is 0 Å². The lowest BCUT2D eigenvalue weighted by atomic mass is 9.71. The van der Waals surface area contributed by atoms with E-state index in [1.807, 2.05) is 43.3 Å². The smallest absolute Gasteiger partial charge is 0.307 e. The SMILES string of the molecule is Cc1ccnc(C#C[C@@H]2CC[C@@H](C(=O)O)[C@H](c3ccccc3)C2)n1. The average Bonchev–Trinajstić information content (AvgIpc) is 2.60. The van der Waals surface area contributed by atoms with Crippen molar-refractivity contribution >= 4 is 5.97 Å². The molecule has 3 rings (SSSR count). The zero-order chi connectivity index (χ0) is 16.9. The molecule has 1 aliphatic rings. The number of aryl methyl sites for hydroxylation is 1. The topological polar surface area (TPSA) is 63.1 Å². The highest BCUT2D eigenvalue weighted by Crippen LogP contribution is 2.40. The molecule has 1 heterocycles. The Hall–Kier alpha value is -2.67. The third-order valence-electron chi connectivity index (χ3n) is 4.58. The predicted molar refractivity (Wildman–Crippen MR) is 91.3 cm³/mol. The fraction of sp³-hybridized carbons (Fsp3) is 0.350. The van der Waals surface area contributed by atoms with Crippen LogP contribution in [0.25, 0.3) is 0 Å². The lowest BCUT2D eigenvalue weighted by molar-refractivity contribution is -0.143. The first-order valence-corrected chi connectivity index (χ1v) is 8.22. The molecule has 0 unspecified atom stereocenters. The number of carboxylic acid groups (broad SMARTS) is 1. The number of hydrogen-bond donors (Lipinski definition) is 1. The van der Waals surface area contributed by atoms with Crippen molar-refractivity contribution in [1.82, 2.24) is 9.97 Å². The number of benzene rings is 1. The van der Waals surface area contributed by atoms with Gasteiger partial charge in [0.2, 0.25) is 5.82 Å². The zero-order valence-corrected chi connectivity index (χ0v) is 13.6. The van der Waals surface area contributed by atoms with E-state index in [1.54, 1.807) is 6.20 Å². The van der Waals surface area contributed by atoms with E-state index in [2.05, 4.69) is 21.8 Å². The van der Waals surface area contributed by atoms with Crippen LogP contribution in [0.2, 0.25) is 0 Å². The van der Waals surface area contributed by atoms with Gasteiger partial charge in [-0.05, 0) is 49.7 Å². The van der Waals surface area contributed by atoms with Crippen LogP contribution in [0, 0.1) is 30.6 Å². The molecule has 1 saturated carbocycles. The minimum atomic E-state index is -0.711. The Kier molecular flexibility index (Phi) is 4.90. The first kappa shape index (κ1) is 16.2. The van der Waals surface area contributed by atoms with E-state index in [-0.39, 0.29) is 17.8 Å². The normalized spacial score (nSPS) is 23.1. The molecule has 1 N–H and O–H groups in total. The summed E-state index contributed by atoms with van der Waals surface area (Å²) in [7, 11) is 0. The summed E-state index contributed by atoms with van der Waals surface area (Å²) in [5, 5.41) is 9.54. The van der Waals surface area contributed by atoms with Crippen LogP contribution >= 0.6 is 0 Å². The van der Waals surface area contributed by atoms with Gasteiger partial charge in [-0.15, -0.1) is 0 Å². The second-order valence-electron chi connectivity index (χ2n) is 6.26. The molecule has 1 aromatic carbocycles. The second-order valence-corrected chi connectivity index (χ2v) is 6.26. The molecule has 0 aliphatic heterocycles. The highest BCUT2D eigenvalue weighted by Gasteiger charge is 2.35. The van der Waals surface area contributed by atoms with Crippen LogP contribution in [0.4, 0.5) is 0 Å². The number of carbonyl (C=O) groups is 1. The summed E-state index contributed by atoms with van der Waals surface area (Å²) in [6.45, 7) is 1.91. The van der Waals surface area contributed by atoms with E-state index in [0.29, 0.717) is 12.2 Å². The summed E-state index contributed by atoms with van der Waals surface area (Å²) in [6.07, 6.45) is 3.93. The Morgan fingerprint density at radius 1 is 1.21 bits per heavy atom. The maximum atomic E-state index is 11.6. The lowest BCUT2D eigenvalue weighted by Crippen LogP contribution is -2.28. The summed E-state index contributed by atoms with van der Waals surface area (Å²) < 4.78 is 0. The van der Waals surface area contributed by atoms with E-state index in [0.717, 1.165) is 24.1 Å². The molecule has 3 atom stereocenters. The Labute approximate surface area is 142 Å². The molecule has 0 saturated heterocycles. The van der Waals surface area contributed by atoms with E-state index in [4.69, 9.17) is 0 Å². The molecular formula is C20H20N2O2. The number of rotatable bonds is 2. The molecule has 1 aliphatic carbocycles. The first-order valence-electron chi connectivity index (χ1n) is 8.22. The standard InChI is InChI=1S/C20H20N2O2/c1-14-11-12-21-19(22-14)10-8-15-7-9-17(20(23)24)18(13-15)16-5-3-2-4-6-16/h2-6,11-12,15,17-18H,7,9,13H2,1H3,(H,23,24)/t15-,17+,18-/m0/s1. The van der Waals surface area contributed by atoms with Crippen LogP contribution in [0.15, 0.2) is 42.6 Å². The van der Waals surface area contributed by atoms with E-state index >= 15 is 0 Å². The van der Waals surface area contributed by atoms with Crippen molar-refractivity contribution in [3.63, 3.8) is 0 Å². The molecule has 4 heteroatoms. The van der Waals surface area contributed by atoms with Gasteiger partial charge in [-0.2, -0.15) is 0 Å². The molecule has 1 aromatic heterocycles. The highest BCUT2D eigenvalue weighted by molar-refractivity contribution is 5.71. The number of aliphatic carboxylic acids is 1. The van der Waals surface area contributed by atoms with Gasteiger partial charge in [0, 0.05) is 17.8 Å². The van der Waals surface area contributed by atoms with Crippen molar-refractivity contribution < 1.29 is 9.90 Å². The lowest BCUT2D eigenvalue weighted by Gasteiger charge is -2.32.